The van der Waals surface area contributed by atoms with Gasteiger partial charge in [0.1, 0.15) is 0 Å². The smallest absolute Gasteiger partial charge is 0.0665 e. The summed E-state index contributed by atoms with van der Waals surface area (Å²) in [5.41, 5.74) is 1.29. The van der Waals surface area contributed by atoms with Crippen molar-refractivity contribution in [3.8, 4) is 0 Å². The minimum absolute atomic E-state index is 0.256. The summed E-state index contributed by atoms with van der Waals surface area (Å²) in [6.45, 7) is 7.89. The molecule has 1 rings (SSSR count). The quantitative estimate of drug-likeness (QED) is 0.710. The molecule has 4 heteroatoms. The largest absolute Gasteiger partial charge is 0.377 e. The van der Waals surface area contributed by atoms with E-state index >= 15 is 0 Å². The van der Waals surface area contributed by atoms with E-state index in [1.807, 2.05) is 0 Å². The zero-order valence-corrected chi connectivity index (χ0v) is 14.2. The zero-order chi connectivity index (χ0) is 12.8. The van der Waals surface area contributed by atoms with Gasteiger partial charge in [-0.25, -0.2) is 0 Å². The molecule has 96 valence electrons. The number of rotatable bonds is 6. The third kappa shape index (κ3) is 5.24. The Balaban J connectivity index is 2.84. The molecule has 17 heavy (non-hydrogen) atoms. The Hall–Kier alpha value is 0.350. The molecule has 0 saturated heterocycles. The Labute approximate surface area is 126 Å². The van der Waals surface area contributed by atoms with Crippen molar-refractivity contribution in [2.24, 2.45) is 0 Å². The lowest BCUT2D eigenvalue weighted by atomic mass is 10.1. The maximum atomic E-state index is 5.72. The van der Waals surface area contributed by atoms with Crippen molar-refractivity contribution in [3.05, 3.63) is 31.8 Å². The van der Waals surface area contributed by atoms with Crippen LogP contribution in [0.4, 0.5) is 0 Å². The first-order valence-corrected chi connectivity index (χ1v) is 7.71. The lowest BCUT2D eigenvalue weighted by Gasteiger charge is -2.21. The van der Waals surface area contributed by atoms with Crippen LogP contribution in [-0.2, 0) is 4.74 Å². The van der Waals surface area contributed by atoms with E-state index in [0.29, 0.717) is 6.61 Å². The van der Waals surface area contributed by atoms with Crippen molar-refractivity contribution in [2.45, 2.75) is 32.9 Å². The van der Waals surface area contributed by atoms with E-state index in [2.05, 4.69) is 82.8 Å². The first-order valence-electron chi connectivity index (χ1n) is 5.84. The molecule has 0 fully saturated rings. The van der Waals surface area contributed by atoms with Gasteiger partial charge in [0.2, 0.25) is 0 Å². The molecule has 0 amide bonds. The van der Waals surface area contributed by atoms with Crippen LogP contribution in [0.3, 0.4) is 0 Å². The Morgan fingerprint density at radius 3 is 2.71 bits per heavy atom. The van der Waals surface area contributed by atoms with Crippen LogP contribution in [-0.4, -0.2) is 19.3 Å². The van der Waals surface area contributed by atoms with Crippen LogP contribution in [0.15, 0.2) is 22.7 Å². The number of likely N-dealkylation sites (N-methyl/N-ethyl adjacent to an activating group) is 1. The molecular formula is C13H19BrINO. The molecule has 0 aliphatic heterocycles. The predicted octanol–water partition coefficient (Wildman–Crippen LogP) is 4.13. The van der Waals surface area contributed by atoms with Crippen molar-refractivity contribution in [1.29, 1.82) is 0 Å². The molecule has 1 atom stereocenters. The normalized spacial score (nSPS) is 13.1. The van der Waals surface area contributed by atoms with Gasteiger partial charge in [-0.1, -0.05) is 22.9 Å². The molecule has 0 aromatic heterocycles. The van der Waals surface area contributed by atoms with Crippen molar-refractivity contribution in [3.63, 3.8) is 0 Å². The third-order valence-electron chi connectivity index (χ3n) is 2.38. The van der Waals surface area contributed by atoms with Crippen LogP contribution in [0.25, 0.3) is 0 Å². The topological polar surface area (TPSA) is 21.3 Å². The summed E-state index contributed by atoms with van der Waals surface area (Å²) in [5, 5.41) is 3.47. The predicted molar refractivity (Wildman–Crippen MR) is 84.4 cm³/mol. The third-order valence-corrected chi connectivity index (χ3v) is 3.86. The average Bonchev–Trinajstić information content (AvgIpc) is 2.27. The van der Waals surface area contributed by atoms with Crippen molar-refractivity contribution in [1.82, 2.24) is 5.32 Å². The van der Waals surface area contributed by atoms with Crippen LogP contribution >= 0.6 is 38.5 Å². The highest BCUT2D eigenvalue weighted by atomic mass is 127. The van der Waals surface area contributed by atoms with Crippen molar-refractivity contribution < 1.29 is 4.74 Å². The summed E-state index contributed by atoms with van der Waals surface area (Å²) >= 11 is 5.90. The van der Waals surface area contributed by atoms with Crippen LogP contribution in [0, 0.1) is 3.57 Å². The van der Waals surface area contributed by atoms with E-state index < -0.39 is 0 Å². The summed E-state index contributed by atoms with van der Waals surface area (Å²) in [5.74, 6) is 0. The fourth-order valence-electron chi connectivity index (χ4n) is 1.58. The van der Waals surface area contributed by atoms with Crippen LogP contribution < -0.4 is 5.32 Å². The lowest BCUT2D eigenvalue weighted by Crippen LogP contribution is -2.27. The van der Waals surface area contributed by atoms with Crippen LogP contribution in [0.5, 0.6) is 0 Å². The molecule has 0 saturated carbocycles. The molecule has 1 aromatic rings. The number of benzene rings is 1. The van der Waals surface area contributed by atoms with E-state index in [-0.39, 0.29) is 12.1 Å². The maximum Gasteiger partial charge on any atom is 0.0665 e. The molecule has 2 nitrogen and oxygen atoms in total. The number of hydrogen-bond acceptors (Lipinski definition) is 2. The molecule has 0 heterocycles. The fraction of sp³-hybridized carbons (Fsp3) is 0.538. The Morgan fingerprint density at radius 2 is 2.12 bits per heavy atom. The van der Waals surface area contributed by atoms with Crippen molar-refractivity contribution >= 4 is 38.5 Å². The second-order valence-corrected chi connectivity index (χ2v) is 6.24. The Bertz CT molecular complexity index is 357. The summed E-state index contributed by atoms with van der Waals surface area (Å²) in [6, 6.07) is 6.61. The van der Waals surface area contributed by atoms with E-state index in [9.17, 15) is 0 Å². The minimum atomic E-state index is 0.256. The monoisotopic (exact) mass is 411 g/mol. The molecule has 0 radical (unpaired) electrons. The highest BCUT2D eigenvalue weighted by Gasteiger charge is 2.14. The Morgan fingerprint density at radius 1 is 1.41 bits per heavy atom. The number of ether oxygens (including phenoxy) is 1. The van der Waals surface area contributed by atoms with E-state index in [1.165, 1.54) is 9.13 Å². The Kier molecular flexibility index (Phi) is 6.99. The maximum absolute atomic E-state index is 5.72. The molecule has 0 spiro atoms. The first-order chi connectivity index (χ1) is 8.04. The summed E-state index contributed by atoms with van der Waals surface area (Å²) < 4.78 is 8.10. The highest BCUT2D eigenvalue weighted by Crippen LogP contribution is 2.24. The van der Waals surface area contributed by atoms with Gasteiger partial charge in [0, 0.05) is 8.04 Å². The molecule has 0 bridgehead atoms. The van der Waals surface area contributed by atoms with E-state index in [1.54, 1.807) is 0 Å². The van der Waals surface area contributed by atoms with E-state index in [4.69, 9.17) is 4.74 Å². The van der Waals surface area contributed by atoms with Gasteiger partial charge in [-0.05, 0) is 66.7 Å². The van der Waals surface area contributed by atoms with Gasteiger partial charge in [0.15, 0.2) is 0 Å². The number of nitrogens with one attached hydrogen (secondary N) is 1. The first kappa shape index (κ1) is 15.4. The highest BCUT2D eigenvalue weighted by molar-refractivity contribution is 14.1. The standard InChI is InChI=1S/C13H19BrINO/c1-4-16-13(8-17-9(2)3)11-7-10(14)5-6-12(11)15/h5-7,9,13,16H,4,8H2,1-3H3. The van der Waals surface area contributed by atoms with Gasteiger partial charge < -0.3 is 10.1 Å². The molecule has 0 aliphatic carbocycles. The lowest BCUT2D eigenvalue weighted by molar-refractivity contribution is 0.0613. The van der Waals surface area contributed by atoms with Crippen molar-refractivity contribution in [2.75, 3.05) is 13.2 Å². The number of halogens is 2. The zero-order valence-electron chi connectivity index (χ0n) is 10.5. The van der Waals surface area contributed by atoms with Gasteiger partial charge in [-0.2, -0.15) is 0 Å². The SMILES string of the molecule is CCNC(COC(C)C)c1cc(Br)ccc1I. The molecule has 1 N–H and O–H groups in total. The van der Waals surface area contributed by atoms with E-state index in [0.717, 1.165) is 11.0 Å². The van der Waals surface area contributed by atoms with Gasteiger partial charge >= 0.3 is 0 Å². The molecule has 1 aromatic carbocycles. The van der Waals surface area contributed by atoms with Crippen LogP contribution in [0.1, 0.15) is 32.4 Å². The number of hydrogen-bond donors (Lipinski definition) is 1. The molecule has 0 aliphatic rings. The van der Waals surface area contributed by atoms with Crippen LogP contribution in [0.2, 0.25) is 0 Å². The van der Waals surface area contributed by atoms with Gasteiger partial charge in [0.05, 0.1) is 18.8 Å². The summed E-state index contributed by atoms with van der Waals surface area (Å²) in [7, 11) is 0. The minimum Gasteiger partial charge on any atom is -0.377 e. The summed E-state index contributed by atoms with van der Waals surface area (Å²) in [6.07, 6.45) is 0.265. The summed E-state index contributed by atoms with van der Waals surface area (Å²) in [4.78, 5) is 0. The molecule has 1 unspecified atom stereocenters. The second-order valence-electron chi connectivity index (χ2n) is 4.16. The second kappa shape index (κ2) is 7.71. The van der Waals surface area contributed by atoms with Gasteiger partial charge in [-0.3, -0.25) is 0 Å². The average molecular weight is 412 g/mol. The molecular weight excluding hydrogens is 393 g/mol. The van der Waals surface area contributed by atoms with Gasteiger partial charge in [-0.15, -0.1) is 0 Å². The van der Waals surface area contributed by atoms with Gasteiger partial charge in [0.25, 0.3) is 0 Å². The fourth-order valence-corrected chi connectivity index (χ4v) is 2.67.